The molecule has 0 saturated carbocycles. The van der Waals surface area contributed by atoms with Crippen LogP contribution in [-0.4, -0.2) is 37.4 Å². The maximum Gasteiger partial charge on any atom is 0.335 e. The molecule has 1 fully saturated rings. The van der Waals surface area contributed by atoms with Gasteiger partial charge in [-0.1, -0.05) is 6.58 Å². The Kier molecular flexibility index (Phi) is 2.83. The van der Waals surface area contributed by atoms with E-state index in [1.165, 1.54) is 0 Å². The summed E-state index contributed by atoms with van der Waals surface area (Å²) in [4.78, 5) is 13.0. The lowest BCUT2D eigenvalue weighted by atomic mass is 10.4. The average molecular weight is 170 g/mol. The molecule has 68 valence electrons. The Bertz CT molecular complexity index is 203. The lowest BCUT2D eigenvalue weighted by Crippen LogP contribution is -2.37. The monoisotopic (exact) mass is 170 g/mol. The summed E-state index contributed by atoms with van der Waals surface area (Å²) in [6.45, 7) is 6.89. The molecule has 1 N–H and O–H groups in total. The van der Waals surface area contributed by atoms with Crippen molar-refractivity contribution >= 4 is 5.97 Å². The van der Waals surface area contributed by atoms with Crippen molar-refractivity contribution in [3.63, 3.8) is 0 Å². The van der Waals surface area contributed by atoms with Crippen molar-refractivity contribution in [3.05, 3.63) is 12.2 Å². The molecule has 0 radical (unpaired) electrons. The van der Waals surface area contributed by atoms with Gasteiger partial charge < -0.3 is 4.74 Å². The zero-order valence-electron chi connectivity index (χ0n) is 7.46. The summed E-state index contributed by atoms with van der Waals surface area (Å²) in [5.41, 5.74) is 0.428. The minimum absolute atomic E-state index is 0.283. The van der Waals surface area contributed by atoms with Crippen molar-refractivity contribution in [1.82, 2.24) is 10.2 Å². The highest BCUT2D eigenvalue weighted by atomic mass is 16.6. The van der Waals surface area contributed by atoms with Gasteiger partial charge in [0.25, 0.3) is 0 Å². The van der Waals surface area contributed by atoms with Crippen molar-refractivity contribution in [2.45, 2.75) is 13.3 Å². The van der Waals surface area contributed by atoms with Gasteiger partial charge in [0.1, 0.15) is 0 Å². The highest BCUT2D eigenvalue weighted by molar-refractivity contribution is 5.87. The van der Waals surface area contributed by atoms with Gasteiger partial charge in [-0.3, -0.25) is 10.2 Å². The Morgan fingerprint density at radius 1 is 1.75 bits per heavy atom. The number of nitrogens with one attached hydrogen (secondary N) is 1. The summed E-state index contributed by atoms with van der Waals surface area (Å²) in [6, 6.07) is 0. The van der Waals surface area contributed by atoms with Crippen LogP contribution >= 0.6 is 0 Å². The maximum absolute atomic E-state index is 11.1. The van der Waals surface area contributed by atoms with E-state index in [1.807, 2.05) is 11.9 Å². The first-order chi connectivity index (χ1) is 5.61. The summed E-state index contributed by atoms with van der Waals surface area (Å²) >= 11 is 0. The number of hydrogen-bond acceptors (Lipinski definition) is 4. The first-order valence-corrected chi connectivity index (χ1v) is 3.91. The van der Waals surface area contributed by atoms with Crippen molar-refractivity contribution in [2.24, 2.45) is 0 Å². The van der Waals surface area contributed by atoms with Crippen LogP contribution in [0.3, 0.4) is 0 Å². The number of likely N-dealkylation sites (N-methyl/N-ethyl adjacent to an activating group) is 1. The van der Waals surface area contributed by atoms with Crippen LogP contribution in [0.25, 0.3) is 0 Å². The predicted octanol–water partition coefficient (Wildman–Crippen LogP) is -0.0757. The van der Waals surface area contributed by atoms with E-state index in [2.05, 4.69) is 11.9 Å². The second-order valence-corrected chi connectivity index (χ2v) is 2.97. The SMILES string of the molecule is C=C(C)C(=O)OC1NCCN1C. The molecule has 1 unspecified atom stereocenters. The van der Waals surface area contributed by atoms with E-state index >= 15 is 0 Å². The number of hydrogen-bond donors (Lipinski definition) is 1. The zero-order valence-corrected chi connectivity index (χ0v) is 7.46. The van der Waals surface area contributed by atoms with Crippen LogP contribution in [0.2, 0.25) is 0 Å². The largest absolute Gasteiger partial charge is 0.429 e. The molecule has 4 heteroatoms. The topological polar surface area (TPSA) is 41.6 Å². The van der Waals surface area contributed by atoms with Gasteiger partial charge in [-0.05, 0) is 14.0 Å². The van der Waals surface area contributed by atoms with E-state index in [1.54, 1.807) is 6.92 Å². The molecule has 1 heterocycles. The van der Waals surface area contributed by atoms with Crippen LogP contribution in [0, 0.1) is 0 Å². The molecule has 1 rings (SSSR count). The number of ether oxygens (including phenoxy) is 1. The van der Waals surface area contributed by atoms with Crippen LogP contribution < -0.4 is 5.32 Å². The Hall–Kier alpha value is -0.870. The highest BCUT2D eigenvalue weighted by Crippen LogP contribution is 2.03. The molecule has 0 spiro atoms. The quantitative estimate of drug-likeness (QED) is 0.465. The van der Waals surface area contributed by atoms with Gasteiger partial charge in [0.15, 0.2) is 0 Å². The fraction of sp³-hybridized carbons (Fsp3) is 0.625. The van der Waals surface area contributed by atoms with Crippen molar-refractivity contribution < 1.29 is 9.53 Å². The van der Waals surface area contributed by atoms with E-state index in [0.29, 0.717) is 5.57 Å². The van der Waals surface area contributed by atoms with Gasteiger partial charge in [0.2, 0.25) is 6.35 Å². The third kappa shape index (κ3) is 2.06. The molecule has 0 aromatic rings. The first kappa shape index (κ1) is 9.22. The van der Waals surface area contributed by atoms with Crippen molar-refractivity contribution in [3.8, 4) is 0 Å². The zero-order chi connectivity index (χ0) is 9.14. The predicted molar refractivity (Wildman–Crippen MR) is 45.3 cm³/mol. The highest BCUT2D eigenvalue weighted by Gasteiger charge is 2.23. The fourth-order valence-electron chi connectivity index (χ4n) is 0.971. The summed E-state index contributed by atoms with van der Waals surface area (Å²) in [6.07, 6.45) is -0.283. The van der Waals surface area contributed by atoms with Crippen molar-refractivity contribution in [2.75, 3.05) is 20.1 Å². The molecule has 0 amide bonds. The number of carbonyl (C=O) groups excluding carboxylic acids is 1. The lowest BCUT2D eigenvalue weighted by Gasteiger charge is -2.18. The Labute approximate surface area is 72.2 Å². The lowest BCUT2D eigenvalue weighted by molar-refractivity contribution is -0.152. The minimum Gasteiger partial charge on any atom is -0.429 e. The Morgan fingerprint density at radius 2 is 2.42 bits per heavy atom. The second kappa shape index (κ2) is 3.69. The van der Waals surface area contributed by atoms with Crippen LogP contribution in [-0.2, 0) is 9.53 Å². The molecule has 0 aromatic heterocycles. The molecule has 1 saturated heterocycles. The average Bonchev–Trinajstić information content (AvgIpc) is 2.36. The Morgan fingerprint density at radius 3 is 2.83 bits per heavy atom. The van der Waals surface area contributed by atoms with Crippen LogP contribution in [0.15, 0.2) is 12.2 Å². The standard InChI is InChI=1S/C8H14N2O2/c1-6(2)7(11)12-8-9-4-5-10(8)3/h8-9H,1,4-5H2,2-3H3. The van der Waals surface area contributed by atoms with Crippen LogP contribution in [0.5, 0.6) is 0 Å². The third-order valence-corrected chi connectivity index (χ3v) is 1.75. The van der Waals surface area contributed by atoms with Crippen LogP contribution in [0.4, 0.5) is 0 Å². The molecule has 12 heavy (non-hydrogen) atoms. The molecular weight excluding hydrogens is 156 g/mol. The van der Waals surface area contributed by atoms with E-state index in [0.717, 1.165) is 13.1 Å². The van der Waals surface area contributed by atoms with Gasteiger partial charge in [0, 0.05) is 18.7 Å². The smallest absolute Gasteiger partial charge is 0.335 e. The third-order valence-electron chi connectivity index (χ3n) is 1.75. The van der Waals surface area contributed by atoms with E-state index in [4.69, 9.17) is 4.74 Å². The number of carbonyl (C=O) groups is 1. The summed E-state index contributed by atoms with van der Waals surface area (Å²) in [5.74, 6) is -0.346. The van der Waals surface area contributed by atoms with E-state index in [-0.39, 0.29) is 12.3 Å². The molecule has 0 aromatic carbocycles. The Balaban J connectivity index is 2.40. The van der Waals surface area contributed by atoms with Crippen molar-refractivity contribution in [1.29, 1.82) is 0 Å². The summed E-state index contributed by atoms with van der Waals surface area (Å²) in [7, 11) is 1.90. The summed E-state index contributed by atoms with van der Waals surface area (Å²) < 4.78 is 5.06. The molecular formula is C8H14N2O2. The molecule has 0 bridgehead atoms. The van der Waals surface area contributed by atoms with E-state index < -0.39 is 0 Å². The number of esters is 1. The van der Waals surface area contributed by atoms with Gasteiger partial charge in [-0.2, -0.15) is 0 Å². The van der Waals surface area contributed by atoms with Gasteiger partial charge in [-0.25, -0.2) is 4.79 Å². The molecule has 4 nitrogen and oxygen atoms in total. The molecule has 1 aliphatic heterocycles. The number of rotatable bonds is 2. The molecule has 1 atom stereocenters. The van der Waals surface area contributed by atoms with Crippen LogP contribution in [0.1, 0.15) is 6.92 Å². The van der Waals surface area contributed by atoms with E-state index in [9.17, 15) is 4.79 Å². The van der Waals surface area contributed by atoms with Gasteiger partial charge in [-0.15, -0.1) is 0 Å². The second-order valence-electron chi connectivity index (χ2n) is 2.97. The summed E-state index contributed by atoms with van der Waals surface area (Å²) in [5, 5.41) is 3.03. The fourth-order valence-corrected chi connectivity index (χ4v) is 0.971. The first-order valence-electron chi connectivity index (χ1n) is 3.91. The maximum atomic E-state index is 11.1. The molecule has 0 aliphatic carbocycles. The number of nitrogens with zero attached hydrogens (tertiary/aromatic N) is 1. The van der Waals surface area contributed by atoms with Gasteiger partial charge in [0.05, 0.1) is 0 Å². The molecule has 1 aliphatic rings. The normalized spacial score (nSPS) is 24.0. The van der Waals surface area contributed by atoms with Gasteiger partial charge >= 0.3 is 5.97 Å². The minimum atomic E-state index is -0.346.